The van der Waals surface area contributed by atoms with Crippen LogP contribution in [0.5, 0.6) is 0 Å². The zero-order valence-electron chi connectivity index (χ0n) is 16.3. The van der Waals surface area contributed by atoms with Gasteiger partial charge in [-0.3, -0.25) is 19.7 Å². The van der Waals surface area contributed by atoms with Crippen molar-refractivity contribution in [3.8, 4) is 11.1 Å². The maximum atomic E-state index is 12.8. The van der Waals surface area contributed by atoms with Gasteiger partial charge in [-0.05, 0) is 47.7 Å². The summed E-state index contributed by atoms with van der Waals surface area (Å²) in [5.41, 5.74) is 4.39. The molecule has 5 heteroatoms. The number of fused-ring (bicyclic) bond motifs is 2. The van der Waals surface area contributed by atoms with Gasteiger partial charge in [0.2, 0.25) is 0 Å². The number of benzene rings is 1. The summed E-state index contributed by atoms with van der Waals surface area (Å²) in [7, 11) is 0. The van der Waals surface area contributed by atoms with Gasteiger partial charge in [-0.15, -0.1) is 0 Å². The van der Waals surface area contributed by atoms with Crippen LogP contribution in [0.1, 0.15) is 28.8 Å². The van der Waals surface area contributed by atoms with Gasteiger partial charge in [0.05, 0.1) is 0 Å². The van der Waals surface area contributed by atoms with Crippen molar-refractivity contribution in [1.29, 1.82) is 0 Å². The molecule has 4 heterocycles. The van der Waals surface area contributed by atoms with E-state index in [1.165, 1.54) is 24.0 Å². The molecular weight excluding hydrogens is 360 g/mol. The number of carbonyl (C=O) groups excluding carboxylic acids is 1. The molecule has 0 aliphatic carbocycles. The molecule has 2 aliphatic rings. The molecule has 5 nitrogen and oxygen atoms in total. The van der Waals surface area contributed by atoms with Gasteiger partial charge in [-0.1, -0.05) is 30.3 Å². The monoisotopic (exact) mass is 384 g/mol. The van der Waals surface area contributed by atoms with Gasteiger partial charge < -0.3 is 4.90 Å². The van der Waals surface area contributed by atoms with Gasteiger partial charge in [-0.25, -0.2) is 0 Å². The summed E-state index contributed by atoms with van der Waals surface area (Å²) >= 11 is 0. The van der Waals surface area contributed by atoms with Crippen molar-refractivity contribution in [2.45, 2.75) is 31.5 Å². The number of aromatic nitrogens is 2. The van der Waals surface area contributed by atoms with E-state index in [1.54, 1.807) is 30.7 Å². The fraction of sp³-hybridized carbons (Fsp3) is 0.292. The summed E-state index contributed by atoms with van der Waals surface area (Å²) in [6, 6.07) is 17.3. The van der Waals surface area contributed by atoms with Crippen LogP contribution in [0.25, 0.3) is 11.1 Å². The Hall–Kier alpha value is -3.05. The number of likely N-dealkylation sites (tertiary alicyclic amines) is 1. The fourth-order valence-corrected chi connectivity index (χ4v) is 4.64. The Labute approximate surface area is 171 Å². The Balaban J connectivity index is 1.26. The van der Waals surface area contributed by atoms with Crippen LogP contribution in [-0.2, 0) is 6.54 Å². The van der Waals surface area contributed by atoms with Crippen LogP contribution in [0.15, 0.2) is 73.3 Å². The van der Waals surface area contributed by atoms with E-state index >= 15 is 0 Å². The predicted molar refractivity (Wildman–Crippen MR) is 112 cm³/mol. The fourth-order valence-electron chi connectivity index (χ4n) is 4.64. The average molecular weight is 384 g/mol. The maximum absolute atomic E-state index is 12.8. The Morgan fingerprint density at radius 1 is 0.862 bits per heavy atom. The summed E-state index contributed by atoms with van der Waals surface area (Å²) in [4.78, 5) is 25.7. The standard InChI is InChI=1S/C24H24N4O/c29-24(20-9-12-25-13-10-20)27-16-22-7-8-23(17-27)28(22)15-18-3-5-19(6-4-18)21-2-1-11-26-14-21/h1-6,9-14,22-23H,7-8,15-17H2. The third-order valence-electron chi connectivity index (χ3n) is 6.16. The summed E-state index contributed by atoms with van der Waals surface area (Å²) in [5.74, 6) is 0.129. The molecule has 1 amide bonds. The van der Waals surface area contributed by atoms with Crippen molar-refractivity contribution < 1.29 is 4.79 Å². The summed E-state index contributed by atoms with van der Waals surface area (Å²) in [6.45, 7) is 2.57. The second-order valence-corrected chi connectivity index (χ2v) is 7.94. The molecule has 0 N–H and O–H groups in total. The third-order valence-corrected chi connectivity index (χ3v) is 6.16. The summed E-state index contributed by atoms with van der Waals surface area (Å²) in [6.07, 6.45) is 9.40. The van der Waals surface area contributed by atoms with Crippen molar-refractivity contribution in [3.63, 3.8) is 0 Å². The first kappa shape index (κ1) is 18.0. The molecular formula is C24H24N4O. The van der Waals surface area contributed by atoms with Crippen LogP contribution in [0.2, 0.25) is 0 Å². The molecule has 1 aromatic carbocycles. The highest BCUT2D eigenvalue weighted by molar-refractivity contribution is 5.94. The number of pyridine rings is 2. The predicted octanol–water partition coefficient (Wildman–Crippen LogP) is 3.63. The van der Waals surface area contributed by atoms with Gasteiger partial charge in [0, 0.05) is 62.1 Å². The Morgan fingerprint density at radius 2 is 1.59 bits per heavy atom. The van der Waals surface area contributed by atoms with Crippen LogP contribution in [0, 0.1) is 0 Å². The lowest BCUT2D eigenvalue weighted by atomic mass is 10.0. The number of nitrogens with zero attached hydrogens (tertiary/aromatic N) is 4. The van der Waals surface area contributed by atoms with E-state index in [4.69, 9.17) is 0 Å². The van der Waals surface area contributed by atoms with Crippen molar-refractivity contribution in [1.82, 2.24) is 19.8 Å². The molecule has 2 unspecified atom stereocenters. The van der Waals surface area contributed by atoms with E-state index in [0.717, 1.165) is 30.8 Å². The highest BCUT2D eigenvalue weighted by atomic mass is 16.2. The molecule has 2 aliphatic heterocycles. The summed E-state index contributed by atoms with van der Waals surface area (Å²) in [5, 5.41) is 0. The number of piperazine rings is 1. The van der Waals surface area contributed by atoms with Gasteiger partial charge >= 0.3 is 0 Å². The first-order chi connectivity index (χ1) is 14.3. The summed E-state index contributed by atoms with van der Waals surface area (Å²) < 4.78 is 0. The molecule has 2 fully saturated rings. The lowest BCUT2D eigenvalue weighted by Gasteiger charge is -2.41. The van der Waals surface area contributed by atoms with E-state index < -0.39 is 0 Å². The molecule has 5 rings (SSSR count). The van der Waals surface area contributed by atoms with Gasteiger partial charge in [-0.2, -0.15) is 0 Å². The SMILES string of the molecule is O=C(c1ccncc1)N1CC2CCC(C1)N2Cc1ccc(-c2cccnc2)cc1. The van der Waals surface area contributed by atoms with Crippen molar-refractivity contribution >= 4 is 5.91 Å². The van der Waals surface area contributed by atoms with E-state index in [2.05, 4.69) is 45.2 Å². The first-order valence-electron chi connectivity index (χ1n) is 10.2. The van der Waals surface area contributed by atoms with Crippen molar-refractivity contribution in [2.24, 2.45) is 0 Å². The minimum Gasteiger partial charge on any atom is -0.336 e. The zero-order chi connectivity index (χ0) is 19.6. The first-order valence-corrected chi connectivity index (χ1v) is 10.2. The number of hydrogen-bond acceptors (Lipinski definition) is 4. The highest BCUT2D eigenvalue weighted by Gasteiger charge is 2.41. The molecule has 2 saturated heterocycles. The quantitative estimate of drug-likeness (QED) is 0.689. The topological polar surface area (TPSA) is 49.3 Å². The lowest BCUT2D eigenvalue weighted by molar-refractivity contribution is 0.0423. The van der Waals surface area contributed by atoms with Crippen LogP contribution >= 0.6 is 0 Å². The van der Waals surface area contributed by atoms with E-state index in [-0.39, 0.29) is 5.91 Å². The van der Waals surface area contributed by atoms with Crippen LogP contribution in [0.4, 0.5) is 0 Å². The molecule has 0 radical (unpaired) electrons. The highest BCUT2D eigenvalue weighted by Crippen LogP contribution is 2.32. The Kier molecular flexibility index (Phi) is 4.82. The second-order valence-electron chi connectivity index (χ2n) is 7.94. The number of amides is 1. The second kappa shape index (κ2) is 7.76. The van der Waals surface area contributed by atoms with Crippen LogP contribution in [-0.4, -0.2) is 50.8 Å². The lowest BCUT2D eigenvalue weighted by Crippen LogP contribution is -2.54. The van der Waals surface area contributed by atoms with Gasteiger partial charge in [0.15, 0.2) is 0 Å². The molecule has 2 bridgehead atoms. The van der Waals surface area contributed by atoms with Crippen molar-refractivity contribution in [3.05, 3.63) is 84.4 Å². The zero-order valence-corrected chi connectivity index (χ0v) is 16.3. The molecule has 29 heavy (non-hydrogen) atoms. The van der Waals surface area contributed by atoms with E-state index in [0.29, 0.717) is 12.1 Å². The molecule has 3 aromatic rings. The maximum Gasteiger partial charge on any atom is 0.254 e. The minimum atomic E-state index is 0.129. The van der Waals surface area contributed by atoms with E-state index in [9.17, 15) is 4.79 Å². The molecule has 2 atom stereocenters. The third kappa shape index (κ3) is 3.66. The number of hydrogen-bond donors (Lipinski definition) is 0. The largest absolute Gasteiger partial charge is 0.336 e. The Morgan fingerprint density at radius 3 is 2.24 bits per heavy atom. The molecule has 146 valence electrons. The van der Waals surface area contributed by atoms with Crippen LogP contribution in [0.3, 0.4) is 0 Å². The van der Waals surface area contributed by atoms with Gasteiger partial charge in [0.25, 0.3) is 5.91 Å². The van der Waals surface area contributed by atoms with Crippen LogP contribution < -0.4 is 0 Å². The van der Waals surface area contributed by atoms with E-state index in [1.807, 2.05) is 17.2 Å². The normalized spacial score (nSPS) is 21.3. The average Bonchev–Trinajstić information content (AvgIpc) is 3.01. The number of carbonyl (C=O) groups is 1. The Bertz CT molecular complexity index is 961. The molecule has 2 aromatic heterocycles. The molecule has 0 saturated carbocycles. The smallest absolute Gasteiger partial charge is 0.254 e. The molecule has 0 spiro atoms. The number of rotatable bonds is 4. The minimum absolute atomic E-state index is 0.129. The van der Waals surface area contributed by atoms with Crippen molar-refractivity contribution in [2.75, 3.05) is 13.1 Å². The van der Waals surface area contributed by atoms with Gasteiger partial charge in [0.1, 0.15) is 0 Å².